The highest BCUT2D eigenvalue weighted by atomic mass is 32.1. The summed E-state index contributed by atoms with van der Waals surface area (Å²) >= 11 is 1.45. The van der Waals surface area contributed by atoms with E-state index in [4.69, 9.17) is 0 Å². The fourth-order valence-corrected chi connectivity index (χ4v) is 2.54. The Bertz CT molecular complexity index is 404. The molecule has 1 aliphatic heterocycles. The van der Waals surface area contributed by atoms with E-state index in [1.54, 1.807) is 0 Å². The Balaban J connectivity index is 1.93. The largest absolute Gasteiger partial charge is 0.354 e. The van der Waals surface area contributed by atoms with Crippen LogP contribution in [0.2, 0.25) is 0 Å². The van der Waals surface area contributed by atoms with Gasteiger partial charge in [-0.25, -0.2) is 0 Å². The van der Waals surface area contributed by atoms with E-state index < -0.39 is 0 Å². The molecule has 0 bridgehead atoms. The second-order valence-corrected chi connectivity index (χ2v) is 4.86. The van der Waals surface area contributed by atoms with Crippen LogP contribution in [0.15, 0.2) is 11.4 Å². The van der Waals surface area contributed by atoms with Crippen molar-refractivity contribution < 1.29 is 9.59 Å². The summed E-state index contributed by atoms with van der Waals surface area (Å²) in [7, 11) is 0. The van der Waals surface area contributed by atoms with Crippen molar-refractivity contribution in [2.75, 3.05) is 6.54 Å². The van der Waals surface area contributed by atoms with Crippen molar-refractivity contribution in [3.63, 3.8) is 0 Å². The molecule has 2 N–H and O–H groups in total. The zero-order valence-corrected chi connectivity index (χ0v) is 9.89. The van der Waals surface area contributed by atoms with Crippen LogP contribution in [0.4, 0.5) is 0 Å². The van der Waals surface area contributed by atoms with Gasteiger partial charge in [-0.05, 0) is 30.4 Å². The second-order valence-electron chi connectivity index (χ2n) is 3.95. The molecule has 0 aliphatic carbocycles. The van der Waals surface area contributed by atoms with Gasteiger partial charge in [-0.15, -0.1) is 11.3 Å². The summed E-state index contributed by atoms with van der Waals surface area (Å²) in [6.45, 7) is 2.46. The first-order valence-electron chi connectivity index (χ1n) is 5.28. The minimum absolute atomic E-state index is 0.0337. The van der Waals surface area contributed by atoms with Gasteiger partial charge < -0.3 is 10.6 Å². The third-order valence-corrected chi connectivity index (χ3v) is 3.68. The SMILES string of the molecule is Cc1ccsc1C(=O)NC1CCC(=O)NC1. The number of hydrogen-bond donors (Lipinski definition) is 2. The van der Waals surface area contributed by atoms with Gasteiger partial charge in [0.25, 0.3) is 5.91 Å². The molecule has 1 aromatic heterocycles. The molecule has 2 heterocycles. The molecule has 16 heavy (non-hydrogen) atoms. The predicted octanol–water partition coefficient (Wildman–Crippen LogP) is 1.06. The molecular formula is C11H14N2O2S. The number of thiophene rings is 1. The first-order chi connectivity index (χ1) is 7.66. The maximum atomic E-state index is 11.9. The molecule has 1 saturated heterocycles. The predicted molar refractivity (Wildman–Crippen MR) is 62.6 cm³/mol. The van der Waals surface area contributed by atoms with Crippen LogP contribution >= 0.6 is 11.3 Å². The lowest BCUT2D eigenvalue weighted by atomic mass is 10.1. The number of amides is 2. The van der Waals surface area contributed by atoms with Crippen LogP contribution in [-0.4, -0.2) is 24.4 Å². The highest BCUT2D eigenvalue weighted by Crippen LogP contribution is 2.15. The lowest BCUT2D eigenvalue weighted by molar-refractivity contribution is -0.122. The molecule has 5 heteroatoms. The molecule has 0 radical (unpaired) electrons. The zero-order chi connectivity index (χ0) is 11.5. The monoisotopic (exact) mass is 238 g/mol. The number of hydrogen-bond acceptors (Lipinski definition) is 3. The summed E-state index contributed by atoms with van der Waals surface area (Å²) in [5.74, 6) is 0.0338. The van der Waals surface area contributed by atoms with Gasteiger partial charge in [0.15, 0.2) is 0 Å². The van der Waals surface area contributed by atoms with Crippen molar-refractivity contribution in [2.45, 2.75) is 25.8 Å². The molecule has 1 fully saturated rings. The summed E-state index contributed by atoms with van der Waals surface area (Å²) in [6.07, 6.45) is 1.22. The molecule has 0 saturated carbocycles. The fourth-order valence-electron chi connectivity index (χ4n) is 1.71. The Morgan fingerprint density at radius 1 is 1.62 bits per heavy atom. The van der Waals surface area contributed by atoms with Crippen molar-refractivity contribution in [3.8, 4) is 0 Å². The van der Waals surface area contributed by atoms with Crippen LogP contribution in [0, 0.1) is 6.92 Å². The molecule has 1 atom stereocenters. The summed E-state index contributed by atoms with van der Waals surface area (Å²) < 4.78 is 0. The first kappa shape index (κ1) is 11.1. The molecule has 1 unspecified atom stereocenters. The molecule has 1 aliphatic rings. The summed E-state index contributed by atoms with van der Waals surface area (Å²) in [5.41, 5.74) is 1.00. The number of aryl methyl sites for hydroxylation is 1. The Morgan fingerprint density at radius 3 is 3.00 bits per heavy atom. The summed E-state index contributed by atoms with van der Waals surface area (Å²) in [4.78, 5) is 23.6. The maximum absolute atomic E-state index is 11.9. The number of rotatable bonds is 2. The van der Waals surface area contributed by atoms with E-state index in [-0.39, 0.29) is 17.9 Å². The molecule has 0 aromatic carbocycles. The fraction of sp³-hybridized carbons (Fsp3) is 0.455. The average molecular weight is 238 g/mol. The Kier molecular flexibility index (Phi) is 3.24. The smallest absolute Gasteiger partial charge is 0.261 e. The van der Waals surface area contributed by atoms with E-state index in [1.165, 1.54) is 11.3 Å². The van der Waals surface area contributed by atoms with Crippen LogP contribution in [0.3, 0.4) is 0 Å². The molecule has 0 spiro atoms. The van der Waals surface area contributed by atoms with Crippen molar-refractivity contribution in [1.82, 2.24) is 10.6 Å². The molecular weight excluding hydrogens is 224 g/mol. The van der Waals surface area contributed by atoms with Gasteiger partial charge in [-0.3, -0.25) is 9.59 Å². The Hall–Kier alpha value is -1.36. The standard InChI is InChI=1S/C11H14N2O2S/c1-7-4-5-16-10(7)11(15)13-8-2-3-9(14)12-6-8/h4-5,8H,2-3,6H2,1H3,(H,12,14)(H,13,15). The van der Waals surface area contributed by atoms with Crippen molar-refractivity contribution in [3.05, 3.63) is 21.9 Å². The molecule has 1 aromatic rings. The highest BCUT2D eigenvalue weighted by Gasteiger charge is 2.21. The van der Waals surface area contributed by atoms with Gasteiger partial charge in [0.1, 0.15) is 0 Å². The van der Waals surface area contributed by atoms with Gasteiger partial charge in [-0.2, -0.15) is 0 Å². The van der Waals surface area contributed by atoms with Gasteiger partial charge in [0, 0.05) is 19.0 Å². The first-order valence-corrected chi connectivity index (χ1v) is 6.16. The van der Waals surface area contributed by atoms with E-state index in [9.17, 15) is 9.59 Å². The summed E-state index contributed by atoms with van der Waals surface area (Å²) in [5, 5.41) is 7.60. The van der Waals surface area contributed by atoms with Gasteiger partial charge in [0.2, 0.25) is 5.91 Å². The number of piperidine rings is 1. The van der Waals surface area contributed by atoms with E-state index in [1.807, 2.05) is 18.4 Å². The average Bonchev–Trinajstić information content (AvgIpc) is 2.68. The number of carbonyl (C=O) groups excluding carboxylic acids is 2. The molecule has 2 amide bonds. The molecule has 4 nitrogen and oxygen atoms in total. The van der Waals surface area contributed by atoms with E-state index in [0.717, 1.165) is 16.9 Å². The van der Waals surface area contributed by atoms with Gasteiger partial charge >= 0.3 is 0 Å². The highest BCUT2D eigenvalue weighted by molar-refractivity contribution is 7.12. The van der Waals surface area contributed by atoms with E-state index in [0.29, 0.717) is 13.0 Å². The van der Waals surface area contributed by atoms with Crippen LogP contribution in [0.25, 0.3) is 0 Å². The van der Waals surface area contributed by atoms with Crippen LogP contribution in [0.1, 0.15) is 28.1 Å². The van der Waals surface area contributed by atoms with Crippen LogP contribution in [-0.2, 0) is 4.79 Å². The lowest BCUT2D eigenvalue weighted by Crippen LogP contribution is -2.47. The van der Waals surface area contributed by atoms with Crippen LogP contribution in [0.5, 0.6) is 0 Å². The maximum Gasteiger partial charge on any atom is 0.261 e. The van der Waals surface area contributed by atoms with Gasteiger partial charge in [-0.1, -0.05) is 0 Å². The molecule has 86 valence electrons. The lowest BCUT2D eigenvalue weighted by Gasteiger charge is -2.23. The third kappa shape index (κ3) is 2.41. The van der Waals surface area contributed by atoms with Crippen LogP contribution < -0.4 is 10.6 Å². The Labute approximate surface area is 98.0 Å². The van der Waals surface area contributed by atoms with E-state index in [2.05, 4.69) is 10.6 Å². The topological polar surface area (TPSA) is 58.2 Å². The van der Waals surface area contributed by atoms with Crippen molar-refractivity contribution in [1.29, 1.82) is 0 Å². The Morgan fingerprint density at radius 2 is 2.44 bits per heavy atom. The normalized spacial score (nSPS) is 20.3. The number of nitrogens with one attached hydrogen (secondary N) is 2. The molecule has 2 rings (SSSR count). The van der Waals surface area contributed by atoms with Gasteiger partial charge in [0.05, 0.1) is 4.88 Å². The number of carbonyl (C=O) groups is 2. The van der Waals surface area contributed by atoms with E-state index >= 15 is 0 Å². The zero-order valence-electron chi connectivity index (χ0n) is 9.08. The van der Waals surface area contributed by atoms with Crippen molar-refractivity contribution >= 4 is 23.2 Å². The van der Waals surface area contributed by atoms with Crippen molar-refractivity contribution in [2.24, 2.45) is 0 Å². The third-order valence-electron chi connectivity index (χ3n) is 2.67. The minimum Gasteiger partial charge on any atom is -0.354 e. The quantitative estimate of drug-likeness (QED) is 0.809. The second kappa shape index (κ2) is 4.65. The minimum atomic E-state index is -0.0337. The summed E-state index contributed by atoms with van der Waals surface area (Å²) in [6, 6.07) is 1.99.